The molecule has 0 spiro atoms. The molecule has 0 saturated heterocycles. The standard InChI is InChI=1S/C12H9Cl2N3O/c13-9-5-7(6-10(15)11(9)14)12(18)17-8-1-3-16-4-2-8/h1-6H,15H2,(H,16,17,18). The van der Waals surface area contributed by atoms with Crippen LogP contribution < -0.4 is 11.1 Å². The molecule has 3 N–H and O–H groups in total. The number of nitrogens with one attached hydrogen (secondary N) is 1. The Morgan fingerprint density at radius 1 is 1.22 bits per heavy atom. The second-order valence-electron chi connectivity index (χ2n) is 3.55. The zero-order valence-corrected chi connectivity index (χ0v) is 10.7. The van der Waals surface area contributed by atoms with Crippen LogP contribution in [0.15, 0.2) is 36.7 Å². The zero-order valence-electron chi connectivity index (χ0n) is 9.15. The first-order chi connectivity index (χ1) is 8.58. The number of carbonyl (C=O) groups is 1. The van der Waals surface area contributed by atoms with Gasteiger partial charge in [0.05, 0.1) is 15.7 Å². The average molecular weight is 282 g/mol. The maximum Gasteiger partial charge on any atom is 0.255 e. The molecule has 2 aromatic rings. The molecule has 0 atom stereocenters. The molecule has 0 fully saturated rings. The van der Waals surface area contributed by atoms with E-state index < -0.39 is 0 Å². The first-order valence-corrected chi connectivity index (χ1v) is 5.79. The van der Waals surface area contributed by atoms with Crippen LogP contribution in [-0.2, 0) is 0 Å². The third-order valence-corrected chi connectivity index (χ3v) is 3.07. The molecular formula is C12H9Cl2N3O. The summed E-state index contributed by atoms with van der Waals surface area (Å²) in [6, 6.07) is 6.30. The molecule has 1 heterocycles. The predicted molar refractivity (Wildman–Crippen MR) is 73.1 cm³/mol. The van der Waals surface area contributed by atoms with Gasteiger partial charge in [0, 0.05) is 23.6 Å². The van der Waals surface area contributed by atoms with E-state index in [1.807, 2.05) is 0 Å². The van der Waals surface area contributed by atoms with Crippen LogP contribution in [0, 0.1) is 0 Å². The lowest BCUT2D eigenvalue weighted by Gasteiger charge is -2.07. The van der Waals surface area contributed by atoms with Gasteiger partial charge in [-0.2, -0.15) is 0 Å². The quantitative estimate of drug-likeness (QED) is 0.831. The number of hydrogen-bond donors (Lipinski definition) is 2. The summed E-state index contributed by atoms with van der Waals surface area (Å²) in [7, 11) is 0. The normalized spacial score (nSPS) is 10.1. The number of pyridine rings is 1. The fourth-order valence-electron chi connectivity index (χ4n) is 1.38. The van der Waals surface area contributed by atoms with Crippen LogP contribution in [0.3, 0.4) is 0 Å². The highest BCUT2D eigenvalue weighted by molar-refractivity contribution is 6.44. The Hall–Kier alpha value is -1.78. The van der Waals surface area contributed by atoms with Gasteiger partial charge in [0.2, 0.25) is 0 Å². The van der Waals surface area contributed by atoms with Crippen LogP contribution in [0.1, 0.15) is 10.4 Å². The van der Waals surface area contributed by atoms with Gasteiger partial charge in [-0.1, -0.05) is 23.2 Å². The highest BCUT2D eigenvalue weighted by Gasteiger charge is 2.11. The fraction of sp³-hybridized carbons (Fsp3) is 0. The highest BCUT2D eigenvalue weighted by atomic mass is 35.5. The van der Waals surface area contributed by atoms with Crippen LogP contribution in [-0.4, -0.2) is 10.9 Å². The van der Waals surface area contributed by atoms with Gasteiger partial charge >= 0.3 is 0 Å². The summed E-state index contributed by atoms with van der Waals surface area (Å²) in [5.74, 6) is -0.313. The smallest absolute Gasteiger partial charge is 0.255 e. The van der Waals surface area contributed by atoms with Gasteiger partial charge in [0.25, 0.3) is 5.91 Å². The molecule has 0 saturated carbocycles. The molecule has 0 unspecified atom stereocenters. The summed E-state index contributed by atoms with van der Waals surface area (Å²) < 4.78 is 0. The third-order valence-electron chi connectivity index (χ3n) is 2.26. The fourth-order valence-corrected chi connectivity index (χ4v) is 1.72. The Morgan fingerprint density at radius 3 is 2.50 bits per heavy atom. The van der Waals surface area contributed by atoms with Gasteiger partial charge in [-0.3, -0.25) is 9.78 Å². The molecule has 0 aliphatic rings. The molecule has 1 amide bonds. The molecular weight excluding hydrogens is 273 g/mol. The molecule has 0 aliphatic heterocycles. The van der Waals surface area contributed by atoms with Crippen molar-refractivity contribution in [2.24, 2.45) is 0 Å². The lowest BCUT2D eigenvalue weighted by molar-refractivity contribution is 0.102. The SMILES string of the molecule is Nc1cc(C(=O)Nc2ccncc2)cc(Cl)c1Cl. The minimum absolute atomic E-state index is 0.247. The zero-order chi connectivity index (χ0) is 13.1. The molecule has 1 aromatic heterocycles. The average Bonchev–Trinajstić information content (AvgIpc) is 2.36. The van der Waals surface area contributed by atoms with Crippen LogP contribution in [0.2, 0.25) is 10.0 Å². The molecule has 0 aliphatic carbocycles. The van der Waals surface area contributed by atoms with E-state index in [1.54, 1.807) is 24.5 Å². The van der Waals surface area contributed by atoms with Gasteiger partial charge in [0.1, 0.15) is 0 Å². The molecule has 1 aromatic carbocycles. The number of nitrogens with zero attached hydrogens (tertiary/aromatic N) is 1. The Labute approximate surface area is 114 Å². The summed E-state index contributed by atoms with van der Waals surface area (Å²) in [4.78, 5) is 15.8. The predicted octanol–water partition coefficient (Wildman–Crippen LogP) is 3.22. The lowest BCUT2D eigenvalue weighted by atomic mass is 10.2. The number of benzene rings is 1. The maximum absolute atomic E-state index is 11.9. The summed E-state index contributed by atoms with van der Waals surface area (Å²) in [6.45, 7) is 0. The second kappa shape index (κ2) is 5.25. The molecule has 2 rings (SSSR count). The summed E-state index contributed by atoms with van der Waals surface area (Å²) in [5, 5.41) is 3.19. The first-order valence-electron chi connectivity index (χ1n) is 5.04. The Morgan fingerprint density at radius 2 is 1.89 bits per heavy atom. The Bertz CT molecular complexity index is 564. The minimum Gasteiger partial charge on any atom is -0.397 e. The van der Waals surface area contributed by atoms with Crippen molar-refractivity contribution in [1.29, 1.82) is 0 Å². The van der Waals surface area contributed by atoms with E-state index in [1.165, 1.54) is 12.1 Å². The summed E-state index contributed by atoms with van der Waals surface area (Å²) in [6.07, 6.45) is 3.16. The van der Waals surface area contributed by atoms with E-state index >= 15 is 0 Å². The molecule has 18 heavy (non-hydrogen) atoms. The van der Waals surface area contributed by atoms with Crippen molar-refractivity contribution < 1.29 is 4.79 Å². The van der Waals surface area contributed by atoms with Gasteiger partial charge in [0.15, 0.2) is 0 Å². The number of anilines is 2. The van der Waals surface area contributed by atoms with Crippen LogP contribution >= 0.6 is 23.2 Å². The number of amides is 1. The van der Waals surface area contributed by atoms with Crippen molar-refractivity contribution in [3.8, 4) is 0 Å². The summed E-state index contributed by atoms with van der Waals surface area (Å²) >= 11 is 11.7. The van der Waals surface area contributed by atoms with Gasteiger partial charge in [-0.15, -0.1) is 0 Å². The minimum atomic E-state index is -0.313. The van der Waals surface area contributed by atoms with E-state index in [2.05, 4.69) is 10.3 Å². The second-order valence-corrected chi connectivity index (χ2v) is 4.34. The number of halogens is 2. The molecule has 0 bridgehead atoms. The first kappa shape index (κ1) is 12.7. The van der Waals surface area contributed by atoms with Crippen LogP contribution in [0.5, 0.6) is 0 Å². The molecule has 92 valence electrons. The largest absolute Gasteiger partial charge is 0.397 e. The molecule has 0 radical (unpaired) electrons. The third kappa shape index (κ3) is 2.72. The molecule has 6 heteroatoms. The van der Waals surface area contributed by atoms with Gasteiger partial charge < -0.3 is 11.1 Å². The Kier molecular flexibility index (Phi) is 3.69. The van der Waals surface area contributed by atoms with Gasteiger partial charge in [-0.25, -0.2) is 0 Å². The van der Waals surface area contributed by atoms with E-state index in [-0.39, 0.29) is 21.6 Å². The topological polar surface area (TPSA) is 68.0 Å². The van der Waals surface area contributed by atoms with Crippen LogP contribution in [0.25, 0.3) is 0 Å². The maximum atomic E-state index is 11.9. The number of carbonyl (C=O) groups excluding carboxylic acids is 1. The Balaban J connectivity index is 2.25. The van der Waals surface area contributed by atoms with Crippen LogP contribution in [0.4, 0.5) is 11.4 Å². The van der Waals surface area contributed by atoms with Crippen molar-refractivity contribution in [2.75, 3.05) is 11.1 Å². The number of nitrogen functional groups attached to an aromatic ring is 1. The number of nitrogens with two attached hydrogens (primary N) is 1. The van der Waals surface area contributed by atoms with E-state index in [0.717, 1.165) is 0 Å². The van der Waals surface area contributed by atoms with E-state index in [4.69, 9.17) is 28.9 Å². The van der Waals surface area contributed by atoms with Crippen molar-refractivity contribution in [2.45, 2.75) is 0 Å². The van der Waals surface area contributed by atoms with Crippen molar-refractivity contribution in [1.82, 2.24) is 4.98 Å². The molecule has 4 nitrogen and oxygen atoms in total. The van der Waals surface area contributed by atoms with Crippen molar-refractivity contribution >= 4 is 40.5 Å². The summed E-state index contributed by atoms with van der Waals surface area (Å²) in [5.41, 5.74) is 6.90. The van der Waals surface area contributed by atoms with Crippen molar-refractivity contribution in [3.63, 3.8) is 0 Å². The van der Waals surface area contributed by atoms with E-state index in [9.17, 15) is 4.79 Å². The number of rotatable bonds is 2. The van der Waals surface area contributed by atoms with E-state index in [0.29, 0.717) is 11.3 Å². The van der Waals surface area contributed by atoms with Gasteiger partial charge in [-0.05, 0) is 24.3 Å². The van der Waals surface area contributed by atoms with Crippen molar-refractivity contribution in [3.05, 3.63) is 52.3 Å². The monoisotopic (exact) mass is 281 g/mol. The lowest BCUT2D eigenvalue weighted by Crippen LogP contribution is -2.12. The number of aromatic nitrogens is 1. The highest BCUT2D eigenvalue weighted by Crippen LogP contribution is 2.29. The number of hydrogen-bond acceptors (Lipinski definition) is 3.